The fraction of sp³-hybridized carbons (Fsp3) is 0.250. The van der Waals surface area contributed by atoms with Crippen LogP contribution in [0.25, 0.3) is 11.1 Å². The van der Waals surface area contributed by atoms with E-state index in [1.807, 2.05) is 42.5 Å². The zero-order chi connectivity index (χ0) is 27.4. The number of nitriles is 1. The second-order valence-corrected chi connectivity index (χ2v) is 10.3. The number of ether oxygens (including phenoxy) is 2. The summed E-state index contributed by atoms with van der Waals surface area (Å²) in [5.41, 5.74) is 5.81. The second-order valence-electron chi connectivity index (χ2n) is 9.91. The molecule has 0 unspecified atom stereocenters. The first-order chi connectivity index (χ1) is 18.9. The molecule has 1 aliphatic rings. The standard InChI is InChI=1S/C32H29ClFN3O2/c1-20(2)37-18-23-13-28(33)32(14-31(23)38-19-22-12-21(15-35)16-36-17-22)39-30-11-10-25-24(7-5-8-27(25)30)26-6-3-4-9-29(26)34/h3-9,12-14,16-17,20,30,37H,10-11,18-19H2,1-2H3/t30-/m0/s1. The third-order valence-electron chi connectivity index (χ3n) is 6.78. The van der Waals surface area contributed by atoms with Gasteiger partial charge in [0.2, 0.25) is 0 Å². The highest BCUT2D eigenvalue weighted by atomic mass is 35.5. The van der Waals surface area contributed by atoms with Crippen molar-refractivity contribution in [1.29, 1.82) is 5.26 Å². The normalized spacial score (nSPS) is 14.2. The van der Waals surface area contributed by atoms with Gasteiger partial charge >= 0.3 is 0 Å². The molecule has 5 rings (SSSR count). The lowest BCUT2D eigenvalue weighted by Gasteiger charge is -2.20. The predicted octanol–water partition coefficient (Wildman–Crippen LogP) is 7.56. The van der Waals surface area contributed by atoms with Crippen molar-refractivity contribution < 1.29 is 13.9 Å². The fourth-order valence-electron chi connectivity index (χ4n) is 4.87. The molecule has 7 heteroatoms. The molecule has 0 bridgehead atoms. The van der Waals surface area contributed by atoms with E-state index in [1.54, 1.807) is 18.3 Å². The van der Waals surface area contributed by atoms with Gasteiger partial charge in [-0.05, 0) is 47.7 Å². The van der Waals surface area contributed by atoms with Crippen molar-refractivity contribution in [1.82, 2.24) is 10.3 Å². The van der Waals surface area contributed by atoms with Crippen LogP contribution in [-0.4, -0.2) is 11.0 Å². The molecular formula is C32H29ClFN3O2. The van der Waals surface area contributed by atoms with Crippen molar-refractivity contribution in [2.24, 2.45) is 0 Å². The molecule has 4 aromatic rings. The molecule has 0 aliphatic heterocycles. The van der Waals surface area contributed by atoms with Gasteiger partial charge in [0, 0.05) is 47.7 Å². The lowest BCUT2D eigenvalue weighted by Crippen LogP contribution is -2.22. The van der Waals surface area contributed by atoms with Crippen LogP contribution >= 0.6 is 11.6 Å². The van der Waals surface area contributed by atoms with Gasteiger partial charge in [0.25, 0.3) is 0 Å². The molecule has 5 nitrogen and oxygen atoms in total. The van der Waals surface area contributed by atoms with Crippen LogP contribution in [0.5, 0.6) is 11.5 Å². The minimum atomic E-state index is -0.235. The Labute approximate surface area is 233 Å². The third-order valence-corrected chi connectivity index (χ3v) is 7.08. The molecule has 0 radical (unpaired) electrons. The first-order valence-corrected chi connectivity index (χ1v) is 13.4. The van der Waals surface area contributed by atoms with Gasteiger partial charge < -0.3 is 14.8 Å². The summed E-state index contributed by atoms with van der Waals surface area (Å²) in [6, 6.07) is 20.7. The lowest BCUT2D eigenvalue weighted by molar-refractivity contribution is 0.206. The zero-order valence-corrected chi connectivity index (χ0v) is 22.6. The summed E-state index contributed by atoms with van der Waals surface area (Å²) in [5, 5.41) is 13.1. The number of halogens is 2. The van der Waals surface area contributed by atoms with Gasteiger partial charge in [0.05, 0.1) is 10.6 Å². The van der Waals surface area contributed by atoms with Crippen molar-refractivity contribution in [3.05, 3.63) is 112 Å². The van der Waals surface area contributed by atoms with Crippen LogP contribution in [0.1, 0.15) is 54.2 Å². The highest BCUT2D eigenvalue weighted by Gasteiger charge is 2.28. The number of benzene rings is 3. The Balaban J connectivity index is 1.42. The van der Waals surface area contributed by atoms with E-state index in [9.17, 15) is 9.65 Å². The van der Waals surface area contributed by atoms with E-state index in [0.717, 1.165) is 40.7 Å². The van der Waals surface area contributed by atoms with Gasteiger partial charge in [-0.25, -0.2) is 4.39 Å². The molecule has 1 atom stereocenters. The van der Waals surface area contributed by atoms with E-state index in [2.05, 4.69) is 30.2 Å². The maximum absolute atomic E-state index is 14.6. The molecule has 39 heavy (non-hydrogen) atoms. The summed E-state index contributed by atoms with van der Waals surface area (Å²) < 4.78 is 27.3. The van der Waals surface area contributed by atoms with Crippen molar-refractivity contribution in [2.45, 2.75) is 52.0 Å². The summed E-state index contributed by atoms with van der Waals surface area (Å²) in [6.07, 6.45) is 4.53. The second kappa shape index (κ2) is 11.9. The molecule has 0 fully saturated rings. The van der Waals surface area contributed by atoms with E-state index < -0.39 is 0 Å². The largest absolute Gasteiger partial charge is 0.488 e. The van der Waals surface area contributed by atoms with Gasteiger partial charge in [0.15, 0.2) is 0 Å². The molecule has 1 aliphatic carbocycles. The highest BCUT2D eigenvalue weighted by molar-refractivity contribution is 6.32. The minimum Gasteiger partial charge on any atom is -0.488 e. The van der Waals surface area contributed by atoms with E-state index >= 15 is 0 Å². The number of nitrogens with zero attached hydrogens (tertiary/aromatic N) is 2. The molecule has 1 N–H and O–H groups in total. The summed E-state index contributed by atoms with van der Waals surface area (Å²) in [5.74, 6) is 0.933. The van der Waals surface area contributed by atoms with E-state index in [1.165, 1.54) is 12.3 Å². The van der Waals surface area contributed by atoms with Crippen molar-refractivity contribution in [3.8, 4) is 28.7 Å². The molecule has 198 valence electrons. The summed E-state index contributed by atoms with van der Waals surface area (Å²) in [7, 11) is 0. The van der Waals surface area contributed by atoms with Crippen LogP contribution in [0.2, 0.25) is 5.02 Å². The monoisotopic (exact) mass is 541 g/mol. The number of hydrogen-bond acceptors (Lipinski definition) is 5. The number of pyridine rings is 1. The number of fused-ring (bicyclic) bond motifs is 1. The maximum Gasteiger partial charge on any atom is 0.142 e. The first-order valence-electron chi connectivity index (χ1n) is 13.0. The van der Waals surface area contributed by atoms with E-state index in [-0.39, 0.29) is 24.6 Å². The van der Waals surface area contributed by atoms with E-state index in [0.29, 0.717) is 34.2 Å². The van der Waals surface area contributed by atoms with Gasteiger partial charge in [-0.2, -0.15) is 5.26 Å². The quantitative estimate of drug-likeness (QED) is 0.237. The summed E-state index contributed by atoms with van der Waals surface area (Å²) in [4.78, 5) is 4.12. The zero-order valence-electron chi connectivity index (χ0n) is 21.9. The number of nitrogens with one attached hydrogen (secondary N) is 1. The smallest absolute Gasteiger partial charge is 0.142 e. The lowest BCUT2D eigenvalue weighted by atomic mass is 9.96. The van der Waals surface area contributed by atoms with Crippen LogP contribution in [0.3, 0.4) is 0 Å². The van der Waals surface area contributed by atoms with Crippen LogP contribution in [0.4, 0.5) is 4.39 Å². The van der Waals surface area contributed by atoms with Gasteiger partial charge in [0.1, 0.15) is 36.1 Å². The van der Waals surface area contributed by atoms with Gasteiger partial charge in [-0.1, -0.05) is 61.8 Å². The van der Waals surface area contributed by atoms with Crippen LogP contribution in [0.15, 0.2) is 73.1 Å². The summed E-state index contributed by atoms with van der Waals surface area (Å²) >= 11 is 6.72. The van der Waals surface area contributed by atoms with Crippen LogP contribution in [0, 0.1) is 17.1 Å². The fourth-order valence-corrected chi connectivity index (χ4v) is 5.10. The molecule has 3 aromatic carbocycles. The Morgan fingerprint density at radius 1 is 1.08 bits per heavy atom. The topological polar surface area (TPSA) is 67.2 Å². The Kier molecular flexibility index (Phi) is 8.11. The van der Waals surface area contributed by atoms with Gasteiger partial charge in [-0.15, -0.1) is 0 Å². The van der Waals surface area contributed by atoms with Gasteiger partial charge in [-0.3, -0.25) is 4.98 Å². The SMILES string of the molecule is CC(C)NCc1cc(Cl)c(O[C@H]2CCc3c(-c4ccccc4F)cccc32)cc1OCc1cncc(C#N)c1. The number of rotatable bonds is 9. The molecule has 0 amide bonds. The average Bonchev–Trinajstić information content (AvgIpc) is 3.35. The predicted molar refractivity (Wildman–Crippen MR) is 150 cm³/mol. The Morgan fingerprint density at radius 2 is 1.90 bits per heavy atom. The Hall–Kier alpha value is -3.92. The van der Waals surface area contributed by atoms with Crippen molar-refractivity contribution in [2.75, 3.05) is 0 Å². The minimum absolute atomic E-state index is 0.215. The third kappa shape index (κ3) is 6.06. The molecule has 0 saturated heterocycles. The van der Waals surface area contributed by atoms with Crippen molar-refractivity contribution in [3.63, 3.8) is 0 Å². The molecule has 1 aromatic heterocycles. The molecular weight excluding hydrogens is 513 g/mol. The molecule has 0 spiro atoms. The number of hydrogen-bond donors (Lipinski definition) is 1. The highest BCUT2D eigenvalue weighted by Crippen LogP contribution is 2.43. The van der Waals surface area contributed by atoms with Crippen molar-refractivity contribution >= 4 is 11.6 Å². The molecule has 0 saturated carbocycles. The summed E-state index contributed by atoms with van der Waals surface area (Å²) in [6.45, 7) is 4.97. The molecule has 1 heterocycles. The first kappa shape index (κ1) is 26.7. The maximum atomic E-state index is 14.6. The average molecular weight is 542 g/mol. The van der Waals surface area contributed by atoms with Crippen LogP contribution in [-0.2, 0) is 19.6 Å². The Bertz CT molecular complexity index is 1530. The number of aromatic nitrogens is 1. The van der Waals surface area contributed by atoms with E-state index in [4.69, 9.17) is 21.1 Å². The van der Waals surface area contributed by atoms with Crippen LogP contribution < -0.4 is 14.8 Å². The Morgan fingerprint density at radius 3 is 2.69 bits per heavy atom.